The van der Waals surface area contributed by atoms with Crippen molar-refractivity contribution >= 4 is 16.7 Å². The van der Waals surface area contributed by atoms with Crippen LogP contribution < -0.4 is 5.73 Å². The third-order valence-corrected chi connectivity index (χ3v) is 2.22. The van der Waals surface area contributed by atoms with Crippen molar-refractivity contribution in [3.8, 4) is 0 Å². The van der Waals surface area contributed by atoms with Gasteiger partial charge in [-0.15, -0.1) is 0 Å². The van der Waals surface area contributed by atoms with Gasteiger partial charge in [-0.25, -0.2) is 4.98 Å². The van der Waals surface area contributed by atoms with Crippen LogP contribution in [0.2, 0.25) is 0 Å². The number of aromatic nitrogens is 3. The van der Waals surface area contributed by atoms with Gasteiger partial charge in [-0.1, -0.05) is 0 Å². The Hall–Kier alpha value is -1.71. The molecule has 2 aromatic heterocycles. The fourth-order valence-electron chi connectivity index (χ4n) is 1.24. The molecule has 2 rings (SSSR count). The first kappa shape index (κ1) is 6.77. The maximum Gasteiger partial charge on any atom is 0.127 e. The highest BCUT2D eigenvalue weighted by molar-refractivity contribution is 5.83. The van der Waals surface area contributed by atoms with E-state index in [1.54, 1.807) is 0 Å². The minimum absolute atomic E-state index is 0.149. The smallest absolute Gasteiger partial charge is 0.127 e. The predicted octanol–water partition coefficient (Wildman–Crippen LogP) is 1.22. The van der Waals surface area contributed by atoms with Crippen molar-refractivity contribution in [2.75, 3.05) is 5.73 Å². The van der Waals surface area contributed by atoms with Crippen molar-refractivity contribution in [2.45, 2.75) is 13.8 Å². The number of nitrogens with two attached hydrogens (primary N) is 1. The molecule has 0 saturated heterocycles. The molecular weight excluding hydrogens is 164 g/mol. The van der Waals surface area contributed by atoms with E-state index < -0.39 is 0 Å². The van der Waals surface area contributed by atoms with Gasteiger partial charge in [0, 0.05) is 5.39 Å². The lowest BCUT2D eigenvalue weighted by Gasteiger charge is -2.06. The molecule has 0 saturated carbocycles. The third kappa shape index (κ3) is 1.11. The van der Waals surface area contributed by atoms with Crippen LogP contribution in [0.3, 0.4) is 0 Å². The van der Waals surface area contributed by atoms with E-state index >= 15 is 0 Å². The summed E-state index contributed by atoms with van der Waals surface area (Å²) in [4.78, 5) is 4.15. The predicted molar refractivity (Wildman–Crippen MR) is 51.2 cm³/mol. The Balaban J connectivity index is 2.99. The Morgan fingerprint density at radius 1 is 1.31 bits per heavy atom. The summed E-state index contributed by atoms with van der Waals surface area (Å²) in [5.41, 5.74) is 8.20. The topological polar surface area (TPSA) is 64.7 Å². The summed E-state index contributed by atoms with van der Waals surface area (Å²) in [5, 5.41) is 8.07. The van der Waals surface area contributed by atoms with Gasteiger partial charge in [-0.05, 0) is 25.0 Å². The van der Waals surface area contributed by atoms with Gasteiger partial charge >= 0.3 is 0 Å². The molecule has 0 spiro atoms. The molecule has 0 aliphatic rings. The highest BCUT2D eigenvalue weighted by Gasteiger charge is 2.05. The Morgan fingerprint density at radius 3 is 2.85 bits per heavy atom. The number of nitrogens with zero attached hydrogens (tertiary/aromatic N) is 3. The summed E-state index contributed by atoms with van der Waals surface area (Å²) in [5.74, 6) is 0.488. The molecule has 0 aliphatic heterocycles. The van der Waals surface area contributed by atoms with Crippen LogP contribution in [0.25, 0.3) is 10.9 Å². The molecular formula is C9H10N4. The second kappa shape index (κ2) is 2.65. The Morgan fingerprint density at radius 2 is 2.08 bits per heavy atom. The van der Waals surface area contributed by atoms with E-state index in [9.17, 15) is 0 Å². The van der Waals surface area contributed by atoms with Crippen LogP contribution >= 0.6 is 0 Å². The van der Waals surface area contributed by atoms with E-state index in [4.69, 9.17) is 7.10 Å². The van der Waals surface area contributed by atoms with E-state index in [1.165, 1.54) is 6.20 Å². The van der Waals surface area contributed by atoms with E-state index in [-0.39, 0.29) is 6.17 Å². The van der Waals surface area contributed by atoms with Crippen LogP contribution in [0.1, 0.15) is 12.5 Å². The van der Waals surface area contributed by atoms with Gasteiger partial charge in [-0.3, -0.25) is 0 Å². The van der Waals surface area contributed by atoms with Gasteiger partial charge in [0.1, 0.15) is 5.82 Å². The number of rotatable bonds is 0. The largest absolute Gasteiger partial charge is 0.383 e. The lowest BCUT2D eigenvalue weighted by molar-refractivity contribution is 1.04. The molecule has 0 unspecified atom stereocenters. The van der Waals surface area contributed by atoms with E-state index in [0.29, 0.717) is 11.3 Å². The van der Waals surface area contributed by atoms with Crippen molar-refractivity contribution in [1.29, 1.82) is 0 Å². The maximum absolute atomic E-state index is 7.62. The Labute approximate surface area is 77.2 Å². The summed E-state index contributed by atoms with van der Waals surface area (Å²) in [6.07, 6.45) is 1.67. The van der Waals surface area contributed by atoms with Gasteiger partial charge in [0.25, 0.3) is 0 Å². The minimum Gasteiger partial charge on any atom is -0.383 e. The highest BCUT2D eigenvalue weighted by Crippen LogP contribution is 2.21. The number of nitrogen functional groups attached to an aromatic ring is 1. The van der Waals surface area contributed by atoms with Crippen molar-refractivity contribution < 1.29 is 1.37 Å². The van der Waals surface area contributed by atoms with Crippen molar-refractivity contribution in [2.24, 2.45) is 0 Å². The van der Waals surface area contributed by atoms with Crippen LogP contribution in [0.4, 0.5) is 5.82 Å². The van der Waals surface area contributed by atoms with Crippen LogP contribution in [0.5, 0.6) is 0 Å². The molecule has 0 bridgehead atoms. The number of fused-ring (bicyclic) bond motifs is 1. The molecule has 2 N–H and O–H groups in total. The highest BCUT2D eigenvalue weighted by atomic mass is 15.1. The fourth-order valence-corrected chi connectivity index (χ4v) is 1.24. The van der Waals surface area contributed by atoms with E-state index in [1.807, 2.05) is 13.8 Å². The van der Waals surface area contributed by atoms with Gasteiger partial charge in [0.05, 0.1) is 19.3 Å². The first-order valence-electron chi connectivity index (χ1n) is 4.46. The maximum atomic E-state index is 7.62. The molecule has 0 aromatic carbocycles. The van der Waals surface area contributed by atoms with E-state index in [2.05, 4.69) is 15.2 Å². The van der Waals surface area contributed by atoms with Crippen molar-refractivity contribution in [3.05, 3.63) is 23.5 Å². The molecule has 4 nitrogen and oxygen atoms in total. The molecule has 66 valence electrons. The lowest BCUT2D eigenvalue weighted by Crippen LogP contribution is -1.98. The summed E-state index contributed by atoms with van der Waals surface area (Å²) in [7, 11) is 0. The van der Waals surface area contributed by atoms with Crippen LogP contribution in [-0.4, -0.2) is 15.2 Å². The minimum atomic E-state index is 0.149. The fraction of sp³-hybridized carbons (Fsp3) is 0.222. The summed E-state index contributed by atoms with van der Waals surface area (Å²) in [6, 6.07) is 0. The van der Waals surface area contributed by atoms with Crippen LogP contribution in [0, 0.1) is 13.8 Å². The van der Waals surface area contributed by atoms with Crippen LogP contribution in [0.15, 0.2) is 12.4 Å². The van der Waals surface area contributed by atoms with Gasteiger partial charge in [-0.2, -0.15) is 10.2 Å². The summed E-state index contributed by atoms with van der Waals surface area (Å²) >= 11 is 0. The zero-order valence-corrected chi connectivity index (χ0v) is 7.50. The van der Waals surface area contributed by atoms with E-state index in [0.717, 1.165) is 16.5 Å². The number of hydrogen-bond acceptors (Lipinski definition) is 4. The van der Waals surface area contributed by atoms with Crippen LogP contribution in [-0.2, 0) is 0 Å². The summed E-state index contributed by atoms with van der Waals surface area (Å²) in [6.45, 7) is 3.80. The second-order valence-corrected chi connectivity index (χ2v) is 2.96. The van der Waals surface area contributed by atoms with Gasteiger partial charge < -0.3 is 5.73 Å². The zero-order valence-electron chi connectivity index (χ0n) is 8.50. The average molecular weight is 176 g/mol. The molecule has 0 atom stereocenters. The number of anilines is 1. The first-order chi connectivity index (χ1) is 6.61. The monoisotopic (exact) mass is 176 g/mol. The van der Waals surface area contributed by atoms with Crippen molar-refractivity contribution in [1.82, 2.24) is 15.2 Å². The molecule has 0 radical (unpaired) electrons. The third-order valence-electron chi connectivity index (χ3n) is 2.22. The standard InChI is InChI=1S/C9H10N4/c1-5-6(2)9(10)13-8-4-12-11-3-7(5)8/h3-4H,1-2H3,(H2,10,13)/i3T. The quantitative estimate of drug-likeness (QED) is 0.655. The molecule has 2 heterocycles. The zero-order chi connectivity index (χ0) is 10.3. The van der Waals surface area contributed by atoms with Crippen molar-refractivity contribution in [3.63, 3.8) is 0 Å². The molecule has 2 aromatic rings. The SMILES string of the molecule is [3H]c1nncc2nc(N)c(C)c(C)c12. The van der Waals surface area contributed by atoms with Gasteiger partial charge in [0.15, 0.2) is 0 Å². The number of pyridine rings is 1. The first-order valence-corrected chi connectivity index (χ1v) is 3.96. The average Bonchev–Trinajstić information content (AvgIpc) is 2.14. The Kier molecular flexibility index (Phi) is 1.38. The Bertz CT molecular complexity index is 510. The number of hydrogen-bond donors (Lipinski definition) is 1. The molecule has 13 heavy (non-hydrogen) atoms. The molecule has 0 amide bonds. The molecule has 0 fully saturated rings. The normalized spacial score (nSPS) is 11.7. The molecule has 4 heteroatoms. The molecule has 0 aliphatic carbocycles. The second-order valence-electron chi connectivity index (χ2n) is 2.96. The van der Waals surface area contributed by atoms with Gasteiger partial charge in [0.2, 0.25) is 0 Å². The number of aryl methyl sites for hydroxylation is 1. The lowest BCUT2D eigenvalue weighted by atomic mass is 10.1. The summed E-state index contributed by atoms with van der Waals surface area (Å²) < 4.78 is 7.62.